The molecule has 0 aliphatic rings. The van der Waals surface area contributed by atoms with E-state index in [1.807, 2.05) is 54.0 Å². The highest BCUT2D eigenvalue weighted by atomic mass is 32.1. The molecule has 0 aliphatic carbocycles. The Morgan fingerprint density at radius 3 is 2.90 bits per heavy atom. The molecule has 0 saturated heterocycles. The van der Waals surface area contributed by atoms with E-state index in [0.717, 1.165) is 28.8 Å². The number of para-hydroxylation sites is 1. The standard InChI is InChI=1S/C21H20N6OS/c1-2-27-19(25-26-21(27)29)9-11-23-20(28)16-12-18(14-6-5-10-22-13-14)24-17-8-4-3-7-15(16)17/h3-8,10,12-13H,2,9,11H2,1H3,(H,23,28)(H,26,29). The molecule has 0 radical (unpaired) electrons. The molecular formula is C21H20N6OS. The second-order valence-electron chi connectivity index (χ2n) is 6.51. The van der Waals surface area contributed by atoms with E-state index in [0.29, 0.717) is 29.0 Å². The number of hydrogen-bond acceptors (Lipinski definition) is 5. The number of pyridine rings is 2. The van der Waals surface area contributed by atoms with E-state index >= 15 is 0 Å². The summed E-state index contributed by atoms with van der Waals surface area (Å²) < 4.78 is 2.51. The van der Waals surface area contributed by atoms with E-state index in [1.165, 1.54) is 0 Å². The Labute approximate surface area is 172 Å². The molecule has 0 bridgehead atoms. The van der Waals surface area contributed by atoms with Gasteiger partial charge in [0.25, 0.3) is 5.91 Å². The summed E-state index contributed by atoms with van der Waals surface area (Å²) in [5.74, 6) is 0.680. The van der Waals surface area contributed by atoms with E-state index in [9.17, 15) is 4.79 Å². The SMILES string of the molecule is CCn1c(CCNC(=O)c2cc(-c3cccnc3)nc3ccccc23)n[nH]c1=S. The minimum absolute atomic E-state index is 0.147. The molecule has 29 heavy (non-hydrogen) atoms. The molecule has 7 nitrogen and oxygen atoms in total. The van der Waals surface area contributed by atoms with Crippen molar-refractivity contribution in [2.45, 2.75) is 19.9 Å². The van der Waals surface area contributed by atoms with Crippen molar-refractivity contribution in [2.75, 3.05) is 6.54 Å². The van der Waals surface area contributed by atoms with Gasteiger partial charge in [0, 0.05) is 42.9 Å². The zero-order valence-electron chi connectivity index (χ0n) is 15.9. The van der Waals surface area contributed by atoms with Gasteiger partial charge < -0.3 is 9.88 Å². The van der Waals surface area contributed by atoms with Crippen LogP contribution in [0, 0.1) is 4.77 Å². The highest BCUT2D eigenvalue weighted by Crippen LogP contribution is 2.24. The number of amides is 1. The van der Waals surface area contributed by atoms with Gasteiger partial charge in [-0.1, -0.05) is 18.2 Å². The van der Waals surface area contributed by atoms with Crippen molar-refractivity contribution < 1.29 is 4.79 Å². The molecule has 8 heteroatoms. The number of carbonyl (C=O) groups is 1. The number of aromatic nitrogens is 5. The Kier molecular flexibility index (Phi) is 5.44. The molecule has 0 fully saturated rings. The molecule has 0 unspecified atom stereocenters. The van der Waals surface area contributed by atoms with Gasteiger partial charge in [0.2, 0.25) is 0 Å². The van der Waals surface area contributed by atoms with Gasteiger partial charge in [-0.3, -0.25) is 14.9 Å². The van der Waals surface area contributed by atoms with Gasteiger partial charge in [-0.05, 0) is 43.4 Å². The zero-order chi connectivity index (χ0) is 20.2. The topological polar surface area (TPSA) is 88.5 Å². The van der Waals surface area contributed by atoms with Crippen molar-refractivity contribution in [1.82, 2.24) is 30.0 Å². The van der Waals surface area contributed by atoms with Crippen molar-refractivity contribution in [3.05, 3.63) is 71.0 Å². The fourth-order valence-electron chi connectivity index (χ4n) is 3.28. The van der Waals surface area contributed by atoms with Crippen LogP contribution in [0.15, 0.2) is 54.9 Å². The molecule has 2 N–H and O–H groups in total. The van der Waals surface area contributed by atoms with Gasteiger partial charge in [0.1, 0.15) is 5.82 Å². The molecule has 1 amide bonds. The minimum Gasteiger partial charge on any atom is -0.352 e. The van der Waals surface area contributed by atoms with E-state index < -0.39 is 0 Å². The maximum absolute atomic E-state index is 13.0. The lowest BCUT2D eigenvalue weighted by Gasteiger charge is -2.11. The van der Waals surface area contributed by atoms with E-state index in [2.05, 4.69) is 20.5 Å². The second-order valence-corrected chi connectivity index (χ2v) is 6.90. The Morgan fingerprint density at radius 1 is 1.24 bits per heavy atom. The molecule has 0 aliphatic heterocycles. The second kappa shape index (κ2) is 8.32. The highest BCUT2D eigenvalue weighted by Gasteiger charge is 2.14. The summed E-state index contributed by atoms with van der Waals surface area (Å²) in [4.78, 5) is 21.8. The summed E-state index contributed by atoms with van der Waals surface area (Å²) in [5, 5.41) is 10.8. The smallest absolute Gasteiger partial charge is 0.252 e. The molecular weight excluding hydrogens is 384 g/mol. The quantitative estimate of drug-likeness (QED) is 0.480. The summed E-state index contributed by atoms with van der Waals surface area (Å²) in [6.45, 7) is 3.20. The van der Waals surface area contributed by atoms with Crippen LogP contribution in [0.5, 0.6) is 0 Å². The van der Waals surface area contributed by atoms with E-state index in [4.69, 9.17) is 17.2 Å². The third-order valence-electron chi connectivity index (χ3n) is 4.71. The van der Waals surface area contributed by atoms with Crippen molar-refractivity contribution in [3.63, 3.8) is 0 Å². The molecule has 0 spiro atoms. The maximum Gasteiger partial charge on any atom is 0.252 e. The number of nitrogens with zero attached hydrogens (tertiary/aromatic N) is 4. The normalized spacial score (nSPS) is 10.9. The fraction of sp³-hybridized carbons (Fsp3) is 0.190. The Morgan fingerprint density at radius 2 is 2.10 bits per heavy atom. The largest absolute Gasteiger partial charge is 0.352 e. The summed E-state index contributed by atoms with van der Waals surface area (Å²) in [7, 11) is 0. The third kappa shape index (κ3) is 3.93. The van der Waals surface area contributed by atoms with Gasteiger partial charge >= 0.3 is 0 Å². The summed E-state index contributed by atoms with van der Waals surface area (Å²) in [6.07, 6.45) is 4.04. The number of H-pyrrole nitrogens is 1. The number of fused-ring (bicyclic) bond motifs is 1. The molecule has 3 aromatic heterocycles. The molecule has 0 atom stereocenters. The number of nitrogens with one attached hydrogen (secondary N) is 2. The zero-order valence-corrected chi connectivity index (χ0v) is 16.7. The van der Waals surface area contributed by atoms with Gasteiger partial charge in [-0.15, -0.1) is 0 Å². The fourth-order valence-corrected chi connectivity index (χ4v) is 3.56. The monoisotopic (exact) mass is 404 g/mol. The molecule has 146 valence electrons. The van der Waals surface area contributed by atoms with Crippen LogP contribution < -0.4 is 5.32 Å². The molecule has 3 heterocycles. The first-order valence-electron chi connectivity index (χ1n) is 9.40. The van der Waals surface area contributed by atoms with Crippen molar-refractivity contribution in [3.8, 4) is 11.3 Å². The number of aromatic amines is 1. The lowest BCUT2D eigenvalue weighted by molar-refractivity contribution is 0.0955. The van der Waals surface area contributed by atoms with Gasteiger partial charge in [-0.25, -0.2) is 4.98 Å². The lowest BCUT2D eigenvalue weighted by Crippen LogP contribution is -2.27. The number of carbonyl (C=O) groups excluding carboxylic acids is 1. The average molecular weight is 404 g/mol. The van der Waals surface area contributed by atoms with Crippen LogP contribution in [-0.2, 0) is 13.0 Å². The first kappa shape index (κ1) is 18.9. The minimum atomic E-state index is -0.147. The van der Waals surface area contributed by atoms with Crippen LogP contribution >= 0.6 is 12.2 Å². The average Bonchev–Trinajstić information content (AvgIpc) is 3.12. The van der Waals surface area contributed by atoms with Gasteiger partial charge in [-0.2, -0.15) is 5.10 Å². The van der Waals surface area contributed by atoms with Crippen molar-refractivity contribution >= 4 is 29.0 Å². The molecule has 4 aromatic rings. The van der Waals surface area contributed by atoms with Crippen LogP contribution in [0.3, 0.4) is 0 Å². The van der Waals surface area contributed by atoms with Crippen LogP contribution in [0.25, 0.3) is 22.2 Å². The molecule has 1 aromatic carbocycles. The lowest BCUT2D eigenvalue weighted by atomic mass is 10.0. The summed E-state index contributed by atoms with van der Waals surface area (Å²) >= 11 is 5.21. The molecule has 4 rings (SSSR count). The van der Waals surface area contributed by atoms with Crippen LogP contribution in [0.2, 0.25) is 0 Å². The Balaban J connectivity index is 1.60. The van der Waals surface area contributed by atoms with Crippen LogP contribution in [0.1, 0.15) is 23.1 Å². The van der Waals surface area contributed by atoms with Crippen LogP contribution in [0.4, 0.5) is 0 Å². The first-order chi connectivity index (χ1) is 14.2. The predicted molar refractivity (Wildman–Crippen MR) is 114 cm³/mol. The maximum atomic E-state index is 13.0. The summed E-state index contributed by atoms with van der Waals surface area (Å²) in [5.41, 5.74) is 2.94. The first-order valence-corrected chi connectivity index (χ1v) is 9.80. The van der Waals surface area contributed by atoms with Crippen molar-refractivity contribution in [2.24, 2.45) is 0 Å². The number of hydrogen-bond donors (Lipinski definition) is 2. The van der Waals surface area contributed by atoms with Gasteiger partial charge in [0.05, 0.1) is 16.8 Å². The van der Waals surface area contributed by atoms with Gasteiger partial charge in [0.15, 0.2) is 4.77 Å². The Hall–Kier alpha value is -3.39. The number of rotatable bonds is 6. The third-order valence-corrected chi connectivity index (χ3v) is 5.02. The van der Waals surface area contributed by atoms with E-state index in [-0.39, 0.29) is 5.91 Å². The molecule has 0 saturated carbocycles. The Bertz CT molecular complexity index is 1210. The predicted octanol–water partition coefficient (Wildman–Crippen LogP) is 3.54. The van der Waals surface area contributed by atoms with E-state index in [1.54, 1.807) is 12.4 Å². The highest BCUT2D eigenvalue weighted by molar-refractivity contribution is 7.71. The number of benzene rings is 1. The summed E-state index contributed by atoms with van der Waals surface area (Å²) in [6, 6.07) is 13.2. The van der Waals surface area contributed by atoms with Crippen LogP contribution in [-0.4, -0.2) is 37.2 Å². The van der Waals surface area contributed by atoms with Crippen molar-refractivity contribution in [1.29, 1.82) is 0 Å².